The Hall–Kier alpha value is -2.40. The monoisotopic (exact) mass is 465 g/mol. The van der Waals surface area contributed by atoms with Crippen molar-refractivity contribution in [2.24, 2.45) is 17.8 Å². The van der Waals surface area contributed by atoms with E-state index in [2.05, 4.69) is 19.9 Å². The van der Waals surface area contributed by atoms with Crippen LogP contribution < -0.4 is 0 Å². The fourth-order valence-electron chi connectivity index (χ4n) is 6.35. The zero-order chi connectivity index (χ0) is 24.6. The van der Waals surface area contributed by atoms with Gasteiger partial charge in [-0.25, -0.2) is 0 Å². The maximum Gasteiger partial charge on any atom is 0.233 e. The van der Waals surface area contributed by atoms with Crippen LogP contribution in [0.25, 0.3) is 6.08 Å². The van der Waals surface area contributed by atoms with Crippen molar-refractivity contribution >= 4 is 17.9 Å². The molecule has 5 heteroatoms. The van der Waals surface area contributed by atoms with Crippen molar-refractivity contribution in [1.29, 1.82) is 0 Å². The van der Waals surface area contributed by atoms with Gasteiger partial charge in [0.15, 0.2) is 0 Å². The molecule has 2 amide bonds. The molecule has 2 fully saturated rings. The van der Waals surface area contributed by atoms with Gasteiger partial charge < -0.3 is 9.84 Å². The lowest BCUT2D eigenvalue weighted by Gasteiger charge is -2.30. The molecule has 4 rings (SSSR count). The molecule has 1 aromatic rings. The van der Waals surface area contributed by atoms with Crippen molar-refractivity contribution in [2.75, 3.05) is 13.2 Å². The van der Waals surface area contributed by atoms with Gasteiger partial charge in [-0.2, -0.15) is 0 Å². The average Bonchev–Trinajstić information content (AvgIpc) is 3.32. The fourth-order valence-corrected chi connectivity index (χ4v) is 6.35. The summed E-state index contributed by atoms with van der Waals surface area (Å²) in [6.45, 7) is 11.3. The van der Waals surface area contributed by atoms with E-state index in [0.717, 1.165) is 48.8 Å². The number of aryl methyl sites for hydroxylation is 2. The van der Waals surface area contributed by atoms with Crippen LogP contribution in [0.3, 0.4) is 0 Å². The second kappa shape index (κ2) is 10.1. The number of fused-ring (bicyclic) bond motifs is 3. The molecule has 2 saturated heterocycles. The number of nitrogens with zero attached hydrogens (tertiary/aromatic N) is 1. The van der Waals surface area contributed by atoms with Gasteiger partial charge >= 0.3 is 0 Å². The molecule has 2 heterocycles. The van der Waals surface area contributed by atoms with E-state index in [1.54, 1.807) is 0 Å². The Morgan fingerprint density at radius 2 is 1.76 bits per heavy atom. The highest BCUT2D eigenvalue weighted by Gasteiger charge is 2.56. The van der Waals surface area contributed by atoms with Crippen LogP contribution >= 0.6 is 0 Å². The number of benzene rings is 1. The number of phenols is 1. The van der Waals surface area contributed by atoms with E-state index < -0.39 is 0 Å². The van der Waals surface area contributed by atoms with E-state index in [-0.39, 0.29) is 35.7 Å². The van der Waals surface area contributed by atoms with Crippen molar-refractivity contribution in [2.45, 2.75) is 79.2 Å². The van der Waals surface area contributed by atoms with Crippen molar-refractivity contribution in [1.82, 2.24) is 4.90 Å². The van der Waals surface area contributed by atoms with Crippen LogP contribution in [0.5, 0.6) is 5.75 Å². The van der Waals surface area contributed by atoms with E-state index in [9.17, 15) is 14.7 Å². The number of aromatic hydroxyl groups is 1. The van der Waals surface area contributed by atoms with Gasteiger partial charge in [0.2, 0.25) is 11.8 Å². The summed E-state index contributed by atoms with van der Waals surface area (Å²) in [6, 6.07) is 4.08. The number of ether oxygens (including phenoxy) is 1. The van der Waals surface area contributed by atoms with Gasteiger partial charge in [0.05, 0.1) is 24.5 Å². The molecule has 1 aliphatic carbocycles. The molecule has 1 aromatic carbocycles. The number of carbonyl (C=O) groups excluding carboxylic acids is 2. The molecule has 0 spiro atoms. The van der Waals surface area contributed by atoms with E-state index in [0.29, 0.717) is 25.3 Å². The standard InChI is InChI=1S/C29H39NO4/c1-6-8-20(15-21-12-18(4)27(31)19(5)13-21)9-10-24-25-17(3)14-22-26(23(25)16-34-24)29(33)30(11-7-2)28(22)32/h12-13,15,22-24,26,31H,6-11,14,16H2,1-5H3/b20-15+/t22-,23+,24-,26-/m1/s1. The quantitative estimate of drug-likeness (QED) is 0.394. The van der Waals surface area contributed by atoms with Gasteiger partial charge in [-0.3, -0.25) is 14.5 Å². The van der Waals surface area contributed by atoms with Crippen molar-refractivity contribution in [3.8, 4) is 5.75 Å². The summed E-state index contributed by atoms with van der Waals surface area (Å²) in [7, 11) is 0. The molecule has 184 valence electrons. The minimum absolute atomic E-state index is 0.0146. The normalized spacial score (nSPS) is 27.0. The van der Waals surface area contributed by atoms with Gasteiger partial charge in [-0.1, -0.05) is 37.5 Å². The molecule has 0 bridgehead atoms. The highest BCUT2D eigenvalue weighted by Crippen LogP contribution is 2.49. The Morgan fingerprint density at radius 1 is 1.06 bits per heavy atom. The summed E-state index contributed by atoms with van der Waals surface area (Å²) in [6.07, 6.45) is 7.69. The summed E-state index contributed by atoms with van der Waals surface area (Å²) < 4.78 is 6.29. The minimum Gasteiger partial charge on any atom is -0.507 e. The van der Waals surface area contributed by atoms with Crippen LogP contribution in [0.15, 0.2) is 28.9 Å². The Labute approximate surface area is 203 Å². The topological polar surface area (TPSA) is 66.8 Å². The SMILES string of the molecule is CCC/C(=C\c1cc(C)c(O)c(C)c1)CC[C@H]1OC[C@H]2C1=C(C)C[C@H]1C(=O)N(CCC)C(=O)[C@H]12. The smallest absolute Gasteiger partial charge is 0.233 e. The number of hydrogen-bond acceptors (Lipinski definition) is 4. The Morgan fingerprint density at radius 3 is 2.41 bits per heavy atom. The number of phenolic OH excluding ortho intramolecular Hbond substituents is 1. The second-order valence-corrected chi connectivity index (χ2v) is 10.4. The highest BCUT2D eigenvalue weighted by atomic mass is 16.5. The fraction of sp³-hybridized carbons (Fsp3) is 0.586. The van der Waals surface area contributed by atoms with Crippen LogP contribution in [0.4, 0.5) is 0 Å². The third-order valence-corrected chi connectivity index (χ3v) is 7.87. The average molecular weight is 466 g/mol. The summed E-state index contributed by atoms with van der Waals surface area (Å²) in [5.74, 6) is 0.00761. The third kappa shape index (κ3) is 4.47. The number of carbonyl (C=O) groups is 2. The number of imide groups is 1. The van der Waals surface area contributed by atoms with Gasteiger partial charge in [0, 0.05) is 12.5 Å². The van der Waals surface area contributed by atoms with Crippen molar-refractivity contribution in [3.63, 3.8) is 0 Å². The lowest BCUT2D eigenvalue weighted by molar-refractivity contribution is -0.140. The predicted octanol–water partition coefficient (Wildman–Crippen LogP) is 5.72. The molecule has 4 atom stereocenters. The molecular formula is C29H39NO4. The molecule has 0 unspecified atom stereocenters. The van der Waals surface area contributed by atoms with Crippen LogP contribution in [-0.4, -0.2) is 41.1 Å². The van der Waals surface area contributed by atoms with Crippen LogP contribution in [0.1, 0.15) is 76.0 Å². The van der Waals surface area contributed by atoms with E-state index >= 15 is 0 Å². The van der Waals surface area contributed by atoms with Crippen LogP contribution in [0, 0.1) is 31.6 Å². The molecule has 0 radical (unpaired) electrons. The summed E-state index contributed by atoms with van der Waals surface area (Å²) >= 11 is 0. The first-order valence-corrected chi connectivity index (χ1v) is 12.9. The number of allylic oxidation sites excluding steroid dienone is 2. The first-order valence-electron chi connectivity index (χ1n) is 12.9. The molecular weight excluding hydrogens is 426 g/mol. The Kier molecular flexibility index (Phi) is 7.32. The van der Waals surface area contributed by atoms with E-state index in [1.165, 1.54) is 21.6 Å². The molecule has 1 N–H and O–H groups in total. The number of rotatable bonds is 8. The van der Waals surface area contributed by atoms with E-state index in [4.69, 9.17) is 4.74 Å². The largest absolute Gasteiger partial charge is 0.507 e. The van der Waals surface area contributed by atoms with Gasteiger partial charge in [0.25, 0.3) is 0 Å². The molecule has 2 aliphatic heterocycles. The maximum atomic E-state index is 13.1. The summed E-state index contributed by atoms with van der Waals surface area (Å²) in [5, 5.41) is 10.1. The lowest BCUT2D eigenvalue weighted by Crippen LogP contribution is -2.34. The van der Waals surface area contributed by atoms with Gasteiger partial charge in [0.1, 0.15) is 5.75 Å². The van der Waals surface area contributed by atoms with Crippen molar-refractivity contribution < 1.29 is 19.4 Å². The second-order valence-electron chi connectivity index (χ2n) is 10.4. The summed E-state index contributed by atoms with van der Waals surface area (Å²) in [5.41, 5.74) is 6.84. The zero-order valence-corrected chi connectivity index (χ0v) is 21.3. The van der Waals surface area contributed by atoms with Crippen LogP contribution in [-0.2, 0) is 14.3 Å². The number of hydrogen-bond donors (Lipinski definition) is 1. The van der Waals surface area contributed by atoms with Crippen LogP contribution in [0.2, 0.25) is 0 Å². The first kappa shape index (κ1) is 24.7. The number of amides is 2. The predicted molar refractivity (Wildman–Crippen MR) is 134 cm³/mol. The molecule has 0 aromatic heterocycles. The molecule has 3 aliphatic rings. The first-order chi connectivity index (χ1) is 16.3. The lowest BCUT2D eigenvalue weighted by atomic mass is 9.70. The van der Waals surface area contributed by atoms with Gasteiger partial charge in [-0.15, -0.1) is 0 Å². The molecule has 34 heavy (non-hydrogen) atoms. The van der Waals surface area contributed by atoms with Gasteiger partial charge in [-0.05, 0) is 87.3 Å². The van der Waals surface area contributed by atoms with Crippen molar-refractivity contribution in [3.05, 3.63) is 45.5 Å². The molecule has 5 nitrogen and oxygen atoms in total. The zero-order valence-electron chi connectivity index (χ0n) is 21.3. The van der Waals surface area contributed by atoms with E-state index in [1.807, 2.05) is 32.9 Å². The Balaban J connectivity index is 1.51. The minimum atomic E-state index is -0.239. The number of likely N-dealkylation sites (tertiary alicyclic amines) is 1. The highest BCUT2D eigenvalue weighted by molar-refractivity contribution is 6.05. The molecule has 0 saturated carbocycles. The Bertz CT molecular complexity index is 1010. The maximum absolute atomic E-state index is 13.1. The summed E-state index contributed by atoms with van der Waals surface area (Å²) in [4.78, 5) is 27.5. The third-order valence-electron chi connectivity index (χ3n) is 7.87.